The number of aliphatic hydroxyl groups is 1. The van der Waals surface area contributed by atoms with Crippen LogP contribution in [0.15, 0.2) is 18.2 Å². The third kappa shape index (κ3) is 2.67. The number of piperidine rings is 1. The summed E-state index contributed by atoms with van der Waals surface area (Å²) >= 11 is 0. The number of rotatable bonds is 3. The average Bonchev–Trinajstić information content (AvgIpc) is 2.55. The first-order chi connectivity index (χ1) is 10.7. The molecule has 2 fully saturated rings. The van der Waals surface area contributed by atoms with E-state index in [0.717, 1.165) is 31.8 Å². The van der Waals surface area contributed by atoms with Crippen LogP contribution in [0.5, 0.6) is 5.75 Å². The SMILES string of the molecule is Cl.OCCCN1CC[C@]23CCCC[C@H]2[C@@H]1Cc1ccc(O)cc13. The minimum Gasteiger partial charge on any atom is -0.508 e. The van der Waals surface area contributed by atoms with Crippen LogP contribution >= 0.6 is 12.4 Å². The second kappa shape index (κ2) is 6.62. The van der Waals surface area contributed by atoms with Crippen LogP contribution in [0, 0.1) is 5.92 Å². The molecule has 2 bridgehead atoms. The van der Waals surface area contributed by atoms with Gasteiger partial charge in [0.1, 0.15) is 5.75 Å². The van der Waals surface area contributed by atoms with Crippen molar-refractivity contribution in [3.63, 3.8) is 0 Å². The van der Waals surface area contributed by atoms with Crippen LogP contribution in [0.1, 0.15) is 49.7 Å². The highest BCUT2D eigenvalue weighted by Crippen LogP contribution is 2.56. The number of aromatic hydroxyl groups is 1. The first kappa shape index (κ1) is 17.1. The van der Waals surface area contributed by atoms with Crippen molar-refractivity contribution in [3.8, 4) is 5.75 Å². The Morgan fingerprint density at radius 1 is 1.22 bits per heavy atom. The third-order valence-electron chi connectivity index (χ3n) is 6.54. The highest BCUT2D eigenvalue weighted by Gasteiger charge is 2.53. The number of hydrogen-bond acceptors (Lipinski definition) is 3. The molecule has 3 nitrogen and oxygen atoms in total. The van der Waals surface area contributed by atoms with Gasteiger partial charge in [-0.25, -0.2) is 0 Å². The largest absolute Gasteiger partial charge is 0.508 e. The highest BCUT2D eigenvalue weighted by atomic mass is 35.5. The van der Waals surface area contributed by atoms with Crippen molar-refractivity contribution in [2.75, 3.05) is 19.7 Å². The molecule has 0 aromatic heterocycles. The molecule has 0 radical (unpaired) electrons. The molecule has 2 aliphatic carbocycles. The molecule has 0 spiro atoms. The van der Waals surface area contributed by atoms with Gasteiger partial charge in [-0.15, -0.1) is 12.4 Å². The Kier molecular flexibility index (Phi) is 4.91. The number of fused-ring (bicyclic) bond motifs is 1. The molecule has 3 atom stereocenters. The smallest absolute Gasteiger partial charge is 0.115 e. The lowest BCUT2D eigenvalue weighted by Gasteiger charge is -2.59. The van der Waals surface area contributed by atoms with E-state index in [9.17, 15) is 10.2 Å². The fourth-order valence-electron chi connectivity index (χ4n) is 5.62. The van der Waals surface area contributed by atoms with Gasteiger partial charge in [-0.3, -0.25) is 4.90 Å². The average molecular weight is 338 g/mol. The van der Waals surface area contributed by atoms with Crippen LogP contribution in [-0.2, 0) is 11.8 Å². The van der Waals surface area contributed by atoms with Crippen LogP contribution in [-0.4, -0.2) is 40.9 Å². The van der Waals surface area contributed by atoms with Gasteiger partial charge in [-0.1, -0.05) is 18.9 Å². The zero-order chi connectivity index (χ0) is 15.2. The van der Waals surface area contributed by atoms with Crippen LogP contribution in [0.25, 0.3) is 0 Å². The Balaban J connectivity index is 0.00000156. The van der Waals surface area contributed by atoms with Gasteiger partial charge < -0.3 is 10.2 Å². The van der Waals surface area contributed by atoms with Crippen molar-refractivity contribution in [1.29, 1.82) is 0 Å². The molecule has 1 aromatic carbocycles. The van der Waals surface area contributed by atoms with Crippen LogP contribution in [0.3, 0.4) is 0 Å². The molecule has 1 saturated carbocycles. The maximum Gasteiger partial charge on any atom is 0.115 e. The van der Waals surface area contributed by atoms with Gasteiger partial charge in [0.15, 0.2) is 0 Å². The number of aliphatic hydroxyl groups excluding tert-OH is 1. The van der Waals surface area contributed by atoms with Gasteiger partial charge in [-0.2, -0.15) is 0 Å². The molecule has 4 heteroatoms. The van der Waals surface area contributed by atoms with E-state index in [1.54, 1.807) is 0 Å². The van der Waals surface area contributed by atoms with E-state index in [4.69, 9.17) is 0 Å². The van der Waals surface area contributed by atoms with E-state index in [1.165, 1.54) is 43.2 Å². The van der Waals surface area contributed by atoms with Gasteiger partial charge in [0.25, 0.3) is 0 Å². The Labute approximate surface area is 145 Å². The van der Waals surface area contributed by atoms with Gasteiger partial charge in [-0.05, 0) is 67.8 Å². The molecule has 4 rings (SSSR count). The standard InChI is InChI=1S/C19H27NO2.ClH/c21-11-3-9-20-10-8-19-7-2-1-4-16(19)18(20)12-14-5-6-15(22)13-17(14)19;/h5-6,13,16,18,21-22H,1-4,7-12H2;1H/t16-,18-,19+;/m0./s1. The predicted octanol–water partition coefficient (Wildman–Crippen LogP) is 3.25. The molecule has 2 N–H and O–H groups in total. The molecule has 0 unspecified atom stereocenters. The van der Waals surface area contributed by atoms with E-state index in [0.29, 0.717) is 23.8 Å². The van der Waals surface area contributed by atoms with Crippen molar-refractivity contribution < 1.29 is 10.2 Å². The molecule has 1 aliphatic heterocycles. The molecule has 1 heterocycles. The lowest BCUT2D eigenvalue weighted by Crippen LogP contribution is -2.61. The zero-order valence-corrected chi connectivity index (χ0v) is 14.5. The second-order valence-corrected chi connectivity index (χ2v) is 7.48. The Bertz CT molecular complexity index is 564. The fraction of sp³-hybridized carbons (Fsp3) is 0.684. The lowest BCUT2D eigenvalue weighted by atomic mass is 9.52. The number of likely N-dealkylation sites (tertiary alicyclic amines) is 1. The van der Waals surface area contributed by atoms with Crippen molar-refractivity contribution in [2.45, 2.75) is 56.4 Å². The van der Waals surface area contributed by atoms with E-state index in [1.807, 2.05) is 6.07 Å². The predicted molar refractivity (Wildman–Crippen MR) is 94.4 cm³/mol. The van der Waals surface area contributed by atoms with Crippen molar-refractivity contribution >= 4 is 12.4 Å². The first-order valence-electron chi connectivity index (χ1n) is 8.92. The lowest BCUT2D eigenvalue weighted by molar-refractivity contribution is -0.0134. The number of phenols is 1. The van der Waals surface area contributed by atoms with E-state index in [-0.39, 0.29) is 12.4 Å². The van der Waals surface area contributed by atoms with Gasteiger partial charge in [0.2, 0.25) is 0 Å². The Hall–Kier alpha value is -0.770. The minimum absolute atomic E-state index is 0. The molecule has 128 valence electrons. The fourth-order valence-corrected chi connectivity index (χ4v) is 5.62. The number of halogens is 1. The summed E-state index contributed by atoms with van der Waals surface area (Å²) in [6.07, 6.45) is 8.52. The summed E-state index contributed by atoms with van der Waals surface area (Å²) in [6.45, 7) is 2.47. The van der Waals surface area contributed by atoms with Crippen molar-refractivity contribution in [2.24, 2.45) is 5.92 Å². The Morgan fingerprint density at radius 2 is 2.09 bits per heavy atom. The number of benzene rings is 1. The normalized spacial score (nSPS) is 32.6. The van der Waals surface area contributed by atoms with Crippen molar-refractivity contribution in [1.82, 2.24) is 4.90 Å². The van der Waals surface area contributed by atoms with Gasteiger partial charge in [0.05, 0.1) is 0 Å². The van der Waals surface area contributed by atoms with E-state index < -0.39 is 0 Å². The number of hydrogen-bond donors (Lipinski definition) is 2. The van der Waals surface area contributed by atoms with E-state index in [2.05, 4.69) is 17.0 Å². The molecule has 1 aromatic rings. The van der Waals surface area contributed by atoms with E-state index >= 15 is 0 Å². The first-order valence-corrected chi connectivity index (χ1v) is 8.92. The summed E-state index contributed by atoms with van der Waals surface area (Å²) in [6, 6.07) is 6.71. The van der Waals surface area contributed by atoms with Crippen LogP contribution < -0.4 is 0 Å². The minimum atomic E-state index is 0. The number of nitrogens with zero attached hydrogens (tertiary/aromatic N) is 1. The summed E-state index contributed by atoms with van der Waals surface area (Å²) < 4.78 is 0. The number of phenolic OH excluding ortho intramolecular Hbond substituents is 1. The summed E-state index contributed by atoms with van der Waals surface area (Å²) in [5.41, 5.74) is 3.22. The summed E-state index contributed by atoms with van der Waals surface area (Å²) in [5.74, 6) is 1.17. The summed E-state index contributed by atoms with van der Waals surface area (Å²) in [4.78, 5) is 2.64. The topological polar surface area (TPSA) is 43.7 Å². The second-order valence-electron chi connectivity index (χ2n) is 7.48. The third-order valence-corrected chi connectivity index (χ3v) is 6.54. The molecule has 1 saturated heterocycles. The monoisotopic (exact) mass is 337 g/mol. The van der Waals surface area contributed by atoms with Crippen molar-refractivity contribution in [3.05, 3.63) is 29.3 Å². The quantitative estimate of drug-likeness (QED) is 0.889. The van der Waals surface area contributed by atoms with Crippen LogP contribution in [0.2, 0.25) is 0 Å². The Morgan fingerprint density at radius 3 is 2.91 bits per heavy atom. The molecule has 23 heavy (non-hydrogen) atoms. The molecular weight excluding hydrogens is 310 g/mol. The van der Waals surface area contributed by atoms with Crippen LogP contribution in [0.4, 0.5) is 0 Å². The molecular formula is C19H28ClNO2. The maximum absolute atomic E-state index is 10.0. The highest BCUT2D eigenvalue weighted by molar-refractivity contribution is 5.85. The summed E-state index contributed by atoms with van der Waals surface area (Å²) in [7, 11) is 0. The maximum atomic E-state index is 10.0. The molecule has 3 aliphatic rings. The van der Waals surface area contributed by atoms with Gasteiger partial charge in [0, 0.05) is 24.6 Å². The van der Waals surface area contributed by atoms with Gasteiger partial charge >= 0.3 is 0 Å². The summed E-state index contributed by atoms with van der Waals surface area (Å²) in [5, 5.41) is 19.2. The molecule has 0 amide bonds. The zero-order valence-electron chi connectivity index (χ0n) is 13.7.